The van der Waals surface area contributed by atoms with Crippen LogP contribution in [0.25, 0.3) is 11.5 Å². The lowest BCUT2D eigenvalue weighted by atomic mass is 10.0. The number of aryl methyl sites for hydroxylation is 1. The van der Waals surface area contributed by atoms with E-state index in [9.17, 15) is 4.79 Å². The molecule has 1 N–H and O–H groups in total. The summed E-state index contributed by atoms with van der Waals surface area (Å²) in [6, 6.07) is 25.7. The predicted molar refractivity (Wildman–Crippen MR) is 146 cm³/mol. The molecule has 1 aliphatic rings. The molecule has 0 spiro atoms. The first-order valence-electron chi connectivity index (χ1n) is 13.0. The minimum Gasteiger partial charge on any atom is -0.493 e. The molecule has 0 saturated carbocycles. The van der Waals surface area contributed by atoms with Gasteiger partial charge < -0.3 is 19.2 Å². The minimum absolute atomic E-state index is 0.0133. The number of rotatable bonds is 9. The lowest BCUT2D eigenvalue weighted by molar-refractivity contribution is -0.121. The summed E-state index contributed by atoms with van der Waals surface area (Å²) in [5.74, 6) is 3.41. The SMILES string of the molecule is COc1ccccc1Oc1cccc(CN2CCC(NC(=O)Cc3nc(-c4ccccc4)oc3C)CC2)c1. The topological polar surface area (TPSA) is 76.8 Å². The van der Waals surface area contributed by atoms with Crippen molar-refractivity contribution in [2.24, 2.45) is 0 Å². The molecule has 38 heavy (non-hydrogen) atoms. The van der Waals surface area contributed by atoms with Gasteiger partial charge in [-0.2, -0.15) is 0 Å². The number of hydrogen-bond donors (Lipinski definition) is 1. The van der Waals surface area contributed by atoms with E-state index in [0.717, 1.165) is 43.8 Å². The van der Waals surface area contributed by atoms with Gasteiger partial charge in [0.25, 0.3) is 0 Å². The van der Waals surface area contributed by atoms with Crippen molar-refractivity contribution >= 4 is 5.91 Å². The summed E-state index contributed by atoms with van der Waals surface area (Å²) in [4.78, 5) is 19.7. The highest BCUT2D eigenvalue weighted by Gasteiger charge is 2.22. The molecule has 1 aromatic heterocycles. The molecule has 0 bridgehead atoms. The average molecular weight is 512 g/mol. The Balaban J connectivity index is 1.10. The minimum atomic E-state index is -0.0133. The average Bonchev–Trinajstić information content (AvgIpc) is 3.30. The molecule has 196 valence electrons. The van der Waals surface area contributed by atoms with Crippen molar-refractivity contribution in [3.63, 3.8) is 0 Å². The van der Waals surface area contributed by atoms with E-state index in [2.05, 4.69) is 27.3 Å². The Kier molecular flexibility index (Phi) is 8.04. The maximum atomic E-state index is 12.8. The number of para-hydroxylation sites is 2. The van der Waals surface area contributed by atoms with Crippen LogP contribution in [0.2, 0.25) is 0 Å². The van der Waals surface area contributed by atoms with Gasteiger partial charge in [-0.05, 0) is 61.7 Å². The number of nitrogens with one attached hydrogen (secondary N) is 1. The summed E-state index contributed by atoms with van der Waals surface area (Å²) in [7, 11) is 1.64. The number of hydrogen-bond acceptors (Lipinski definition) is 6. The largest absolute Gasteiger partial charge is 0.493 e. The Morgan fingerprint density at radius 2 is 1.74 bits per heavy atom. The molecule has 0 atom stereocenters. The van der Waals surface area contributed by atoms with Crippen LogP contribution < -0.4 is 14.8 Å². The number of ether oxygens (including phenoxy) is 2. The first-order chi connectivity index (χ1) is 18.6. The smallest absolute Gasteiger partial charge is 0.226 e. The summed E-state index contributed by atoms with van der Waals surface area (Å²) in [6.45, 7) is 4.54. The van der Waals surface area contributed by atoms with Crippen LogP contribution in [0.3, 0.4) is 0 Å². The monoisotopic (exact) mass is 511 g/mol. The molecule has 1 aliphatic heterocycles. The van der Waals surface area contributed by atoms with E-state index in [0.29, 0.717) is 28.8 Å². The quantitative estimate of drug-likeness (QED) is 0.307. The molecule has 7 heteroatoms. The van der Waals surface area contributed by atoms with Gasteiger partial charge in [0.15, 0.2) is 11.5 Å². The number of aromatic nitrogens is 1. The number of oxazole rings is 1. The summed E-state index contributed by atoms with van der Waals surface area (Å²) in [5, 5.41) is 3.20. The maximum absolute atomic E-state index is 12.8. The van der Waals surface area contributed by atoms with Crippen LogP contribution in [0.4, 0.5) is 0 Å². The Morgan fingerprint density at radius 1 is 1.00 bits per heavy atom. The number of piperidine rings is 1. The normalized spacial score (nSPS) is 14.3. The summed E-state index contributed by atoms with van der Waals surface area (Å²) < 4.78 is 17.3. The van der Waals surface area contributed by atoms with Gasteiger partial charge in [0, 0.05) is 31.2 Å². The second kappa shape index (κ2) is 12.0. The zero-order valence-corrected chi connectivity index (χ0v) is 21.9. The van der Waals surface area contributed by atoms with Gasteiger partial charge in [-0.1, -0.05) is 42.5 Å². The summed E-state index contributed by atoms with van der Waals surface area (Å²) in [5.41, 5.74) is 2.79. The van der Waals surface area contributed by atoms with Crippen molar-refractivity contribution in [1.29, 1.82) is 0 Å². The highest BCUT2D eigenvalue weighted by Crippen LogP contribution is 2.31. The molecular formula is C31H33N3O4. The van der Waals surface area contributed by atoms with Gasteiger partial charge in [-0.25, -0.2) is 4.98 Å². The number of amides is 1. The number of carbonyl (C=O) groups excluding carboxylic acids is 1. The third kappa shape index (κ3) is 6.42. The van der Waals surface area contributed by atoms with Crippen LogP contribution in [0.15, 0.2) is 83.3 Å². The van der Waals surface area contributed by atoms with Crippen LogP contribution in [0, 0.1) is 6.92 Å². The first-order valence-corrected chi connectivity index (χ1v) is 13.0. The van der Waals surface area contributed by atoms with E-state index in [1.54, 1.807) is 7.11 Å². The second-order valence-corrected chi connectivity index (χ2v) is 9.58. The Bertz CT molecular complexity index is 1360. The van der Waals surface area contributed by atoms with E-state index in [1.807, 2.05) is 73.7 Å². The van der Waals surface area contributed by atoms with Gasteiger partial charge in [0.2, 0.25) is 11.8 Å². The Morgan fingerprint density at radius 3 is 2.50 bits per heavy atom. The van der Waals surface area contributed by atoms with Gasteiger partial charge >= 0.3 is 0 Å². The van der Waals surface area contributed by atoms with E-state index in [4.69, 9.17) is 13.9 Å². The molecule has 0 aliphatic carbocycles. The lowest BCUT2D eigenvalue weighted by Gasteiger charge is -2.32. The van der Waals surface area contributed by atoms with Crippen molar-refractivity contribution in [1.82, 2.24) is 15.2 Å². The van der Waals surface area contributed by atoms with Crippen molar-refractivity contribution in [2.45, 2.75) is 38.8 Å². The number of nitrogens with zero attached hydrogens (tertiary/aromatic N) is 2. The molecule has 0 unspecified atom stereocenters. The van der Waals surface area contributed by atoms with Crippen LogP contribution in [0.5, 0.6) is 17.2 Å². The van der Waals surface area contributed by atoms with Crippen molar-refractivity contribution < 1.29 is 18.7 Å². The Hall–Kier alpha value is -4.10. The number of carbonyl (C=O) groups is 1. The van der Waals surface area contributed by atoms with Crippen molar-refractivity contribution in [3.05, 3.63) is 95.9 Å². The van der Waals surface area contributed by atoms with Gasteiger partial charge in [-0.3, -0.25) is 9.69 Å². The first kappa shape index (κ1) is 25.5. The van der Waals surface area contributed by atoms with E-state index in [1.165, 1.54) is 5.56 Å². The van der Waals surface area contributed by atoms with E-state index < -0.39 is 0 Å². The lowest BCUT2D eigenvalue weighted by Crippen LogP contribution is -2.44. The van der Waals surface area contributed by atoms with Crippen LogP contribution in [0.1, 0.15) is 29.9 Å². The second-order valence-electron chi connectivity index (χ2n) is 9.58. The predicted octanol–water partition coefficient (Wildman–Crippen LogP) is 5.77. The molecule has 4 aromatic rings. The maximum Gasteiger partial charge on any atom is 0.226 e. The zero-order chi connectivity index (χ0) is 26.3. The molecule has 2 heterocycles. The van der Waals surface area contributed by atoms with Crippen molar-refractivity contribution in [3.8, 4) is 28.7 Å². The highest BCUT2D eigenvalue weighted by atomic mass is 16.5. The molecular weight excluding hydrogens is 478 g/mol. The fraction of sp³-hybridized carbons (Fsp3) is 0.290. The van der Waals surface area contributed by atoms with Crippen LogP contribution in [-0.2, 0) is 17.8 Å². The molecule has 5 rings (SSSR count). The summed E-state index contributed by atoms with van der Waals surface area (Å²) >= 11 is 0. The third-order valence-corrected chi connectivity index (χ3v) is 6.80. The molecule has 0 radical (unpaired) electrons. The highest BCUT2D eigenvalue weighted by molar-refractivity contribution is 5.78. The van der Waals surface area contributed by atoms with Crippen LogP contribution >= 0.6 is 0 Å². The van der Waals surface area contributed by atoms with Crippen LogP contribution in [-0.4, -0.2) is 42.0 Å². The van der Waals surface area contributed by atoms with Gasteiger partial charge in [-0.15, -0.1) is 0 Å². The number of benzene rings is 3. The molecule has 7 nitrogen and oxygen atoms in total. The molecule has 3 aromatic carbocycles. The fourth-order valence-corrected chi connectivity index (χ4v) is 4.76. The van der Waals surface area contributed by atoms with Crippen molar-refractivity contribution in [2.75, 3.05) is 20.2 Å². The number of methoxy groups -OCH3 is 1. The van der Waals surface area contributed by atoms with E-state index >= 15 is 0 Å². The molecule has 1 amide bonds. The fourth-order valence-electron chi connectivity index (χ4n) is 4.76. The Labute approximate surface area is 223 Å². The van der Waals surface area contributed by atoms with E-state index in [-0.39, 0.29) is 18.4 Å². The summed E-state index contributed by atoms with van der Waals surface area (Å²) in [6.07, 6.45) is 2.05. The molecule has 1 fully saturated rings. The standard InChI is InChI=1S/C31H33N3O4/c1-22-27(33-31(37-22)24-10-4-3-5-11-24)20-30(35)32-25-15-17-34(18-16-25)21-23-9-8-12-26(19-23)38-29-14-7-6-13-28(29)36-2/h3-14,19,25H,15-18,20-21H2,1-2H3,(H,32,35). The third-order valence-electron chi connectivity index (χ3n) is 6.80. The van der Waals surface area contributed by atoms with Gasteiger partial charge in [0.1, 0.15) is 11.5 Å². The van der Waals surface area contributed by atoms with Gasteiger partial charge in [0.05, 0.1) is 19.2 Å². The molecule has 1 saturated heterocycles. The zero-order valence-electron chi connectivity index (χ0n) is 21.9. The number of likely N-dealkylation sites (tertiary alicyclic amines) is 1.